The number of carbonyl (C=O) groups excluding carboxylic acids is 2. The third-order valence-corrected chi connectivity index (χ3v) is 12.8. The topological polar surface area (TPSA) is 169 Å². The number of aliphatic hydroxyl groups excluding tert-OH is 1. The number of unbranched alkanes of at least 4 members (excludes halogenated alkanes) is 29. The Morgan fingerprint density at radius 2 is 0.821 bits per heavy atom. The average molecular weight is 966 g/mol. The lowest BCUT2D eigenvalue weighted by molar-refractivity contribution is -0.147. The first-order valence-corrected chi connectivity index (χ1v) is 28.7. The molecule has 3 atom stereocenters. The molecule has 0 rings (SSSR count). The van der Waals surface area contributed by atoms with Crippen LogP contribution in [-0.4, -0.2) is 64.9 Å². The van der Waals surface area contributed by atoms with Crippen LogP contribution in [0, 0.1) is 0 Å². The zero-order valence-electron chi connectivity index (χ0n) is 42.7. The van der Waals surface area contributed by atoms with Crippen molar-refractivity contribution >= 4 is 25.7 Å². The highest BCUT2D eigenvalue weighted by atomic mass is 31.2. The van der Waals surface area contributed by atoms with Crippen molar-refractivity contribution in [2.75, 3.05) is 19.8 Å². The van der Waals surface area contributed by atoms with E-state index >= 15 is 0 Å². The molecule has 3 unspecified atom stereocenters. The first-order chi connectivity index (χ1) is 32.6. The number of hydrogen-bond donors (Lipinski definition) is 4. The van der Waals surface area contributed by atoms with E-state index in [2.05, 4.69) is 67.8 Å². The van der Waals surface area contributed by atoms with Crippen LogP contribution in [0.2, 0.25) is 0 Å². The van der Waals surface area contributed by atoms with Gasteiger partial charge in [-0.05, 0) is 57.8 Å². The predicted octanol–water partition coefficient (Wildman–Crippen LogP) is 15.3. The van der Waals surface area contributed by atoms with Gasteiger partial charge in [-0.15, -0.1) is 0 Å². The maximum atomic E-state index is 12.4. The molecule has 0 aliphatic rings. The number of allylic oxidation sites excluding steroid dienone is 8. The number of rotatable bonds is 51. The van der Waals surface area contributed by atoms with Crippen molar-refractivity contribution < 1.29 is 47.8 Å². The van der Waals surface area contributed by atoms with Gasteiger partial charge in [0, 0.05) is 12.8 Å². The number of amides is 1. The summed E-state index contributed by atoms with van der Waals surface area (Å²) in [4.78, 5) is 46.2. The number of aliphatic carboxylic acids is 1. The molecule has 0 fully saturated rings. The number of ether oxygens (including phenoxy) is 1. The number of phosphoric acid groups is 1. The summed E-state index contributed by atoms with van der Waals surface area (Å²) in [5, 5.41) is 21.9. The molecule has 0 aliphatic carbocycles. The molecule has 1 amide bonds. The largest absolute Gasteiger partial charge is 0.480 e. The zero-order chi connectivity index (χ0) is 49.2. The molecule has 4 N–H and O–H groups in total. The van der Waals surface area contributed by atoms with E-state index in [0.29, 0.717) is 12.8 Å². The quantitative estimate of drug-likeness (QED) is 0.0199. The fourth-order valence-electron chi connectivity index (χ4n) is 7.65. The van der Waals surface area contributed by atoms with Gasteiger partial charge >= 0.3 is 19.8 Å². The number of aliphatic hydroxyl groups is 1. The van der Waals surface area contributed by atoms with Crippen LogP contribution >= 0.6 is 7.82 Å². The molecule has 390 valence electrons. The Balaban J connectivity index is 3.82. The monoisotopic (exact) mass is 966 g/mol. The maximum absolute atomic E-state index is 12.4. The minimum absolute atomic E-state index is 0.124. The lowest BCUT2D eigenvalue weighted by Gasteiger charge is -2.18. The van der Waals surface area contributed by atoms with Gasteiger partial charge in [0.15, 0.2) is 6.04 Å². The minimum Gasteiger partial charge on any atom is -0.480 e. The fraction of sp³-hybridized carbons (Fsp3) is 0.800. The minimum atomic E-state index is -4.77. The van der Waals surface area contributed by atoms with Crippen molar-refractivity contribution in [2.24, 2.45) is 0 Å². The van der Waals surface area contributed by atoms with Crippen LogP contribution in [-0.2, 0) is 32.7 Å². The molecule has 0 heterocycles. The first-order valence-electron chi connectivity index (χ1n) is 27.2. The lowest BCUT2D eigenvalue weighted by atomic mass is 10.0. The summed E-state index contributed by atoms with van der Waals surface area (Å²) in [6.07, 6.45) is 58.5. The molecule has 0 spiro atoms. The normalized spacial score (nSPS) is 13.9. The predicted molar refractivity (Wildman–Crippen MR) is 277 cm³/mol. The number of hydrogen-bond acceptors (Lipinski definition) is 8. The Morgan fingerprint density at radius 1 is 0.478 bits per heavy atom. The van der Waals surface area contributed by atoms with E-state index in [1.807, 2.05) is 0 Å². The second-order valence-corrected chi connectivity index (χ2v) is 19.9. The summed E-state index contributed by atoms with van der Waals surface area (Å²) in [7, 11) is -4.77. The molecule has 67 heavy (non-hydrogen) atoms. The summed E-state index contributed by atoms with van der Waals surface area (Å²) in [6, 6.07) is -1.56. The molecule has 0 saturated heterocycles. The SMILES string of the molecule is CCCCC/C=C\C/C=C\C/C=C\C/C=C\CCCCCCCC(=O)NC(COP(=O)(O)OCC(O)COC(=O)CCCCCCCCCCCCCCCCCCCCCCCC)C(=O)O. The summed E-state index contributed by atoms with van der Waals surface area (Å²) in [5.41, 5.74) is 0. The van der Waals surface area contributed by atoms with Gasteiger partial charge in [-0.1, -0.05) is 229 Å². The van der Waals surface area contributed by atoms with Crippen LogP contribution in [0.4, 0.5) is 0 Å². The molecule has 0 saturated carbocycles. The number of phosphoric ester groups is 1. The number of esters is 1. The number of carbonyl (C=O) groups is 3. The Labute approximate surface area is 409 Å². The van der Waals surface area contributed by atoms with Gasteiger partial charge < -0.3 is 25.2 Å². The highest BCUT2D eigenvalue weighted by Gasteiger charge is 2.28. The lowest BCUT2D eigenvalue weighted by Crippen LogP contribution is -2.43. The van der Waals surface area contributed by atoms with Gasteiger partial charge in [0.25, 0.3) is 0 Å². The number of nitrogens with one attached hydrogen (secondary N) is 1. The first kappa shape index (κ1) is 64.4. The molecular weight excluding hydrogens is 866 g/mol. The van der Waals surface area contributed by atoms with Crippen LogP contribution < -0.4 is 5.32 Å². The Kier molecular flexibility index (Phi) is 47.9. The van der Waals surface area contributed by atoms with Crippen molar-refractivity contribution in [1.29, 1.82) is 0 Å². The van der Waals surface area contributed by atoms with Gasteiger partial charge in [0.1, 0.15) is 12.7 Å². The van der Waals surface area contributed by atoms with Gasteiger partial charge in [0.05, 0.1) is 13.2 Å². The molecule has 0 aromatic heterocycles. The van der Waals surface area contributed by atoms with E-state index in [0.717, 1.165) is 70.6 Å². The highest BCUT2D eigenvalue weighted by molar-refractivity contribution is 7.47. The van der Waals surface area contributed by atoms with Crippen LogP contribution in [0.5, 0.6) is 0 Å². The standard InChI is InChI=1S/C55H100NO10P/c1-3-5-7-9-11-13-15-17-19-21-23-25-27-29-31-33-35-37-39-41-43-45-47-54(59)64-48-51(57)49-65-67(62,63)66-50-52(55(60)61)56-53(58)46-44-42-40-38-36-34-32-30-28-26-24-22-20-18-16-14-12-10-8-6-4-2/h12,14,18,20,24,26,30,32,51-52,57H,3-11,13,15-17,19,21-23,25,27-29,31,33-50H2,1-2H3,(H,56,58)(H,60,61)(H,62,63)/b14-12-,20-18-,26-24-,32-30-. The van der Waals surface area contributed by atoms with Gasteiger partial charge in [0.2, 0.25) is 5.91 Å². The van der Waals surface area contributed by atoms with E-state index in [-0.39, 0.29) is 12.8 Å². The van der Waals surface area contributed by atoms with Crippen LogP contribution in [0.15, 0.2) is 48.6 Å². The van der Waals surface area contributed by atoms with Crippen molar-refractivity contribution in [3.63, 3.8) is 0 Å². The molecule has 0 radical (unpaired) electrons. The molecule has 11 nitrogen and oxygen atoms in total. The number of carboxylic acid groups (broad SMARTS) is 1. The summed E-state index contributed by atoms with van der Waals surface area (Å²) in [5.74, 6) is -2.39. The smallest absolute Gasteiger partial charge is 0.472 e. The van der Waals surface area contributed by atoms with Crippen molar-refractivity contribution in [1.82, 2.24) is 5.32 Å². The van der Waals surface area contributed by atoms with Crippen LogP contribution in [0.25, 0.3) is 0 Å². The molecule has 0 aliphatic heterocycles. The zero-order valence-corrected chi connectivity index (χ0v) is 43.6. The second-order valence-electron chi connectivity index (χ2n) is 18.4. The Hall–Kier alpha value is -2.56. The van der Waals surface area contributed by atoms with Crippen LogP contribution in [0.1, 0.15) is 251 Å². The highest BCUT2D eigenvalue weighted by Crippen LogP contribution is 2.43. The van der Waals surface area contributed by atoms with Crippen molar-refractivity contribution in [3.05, 3.63) is 48.6 Å². The molecule has 0 aromatic carbocycles. The molecule has 12 heteroatoms. The van der Waals surface area contributed by atoms with E-state index < -0.39 is 57.6 Å². The molecular formula is C55H100NO10P. The number of carboxylic acids is 1. The maximum Gasteiger partial charge on any atom is 0.472 e. The van der Waals surface area contributed by atoms with Crippen molar-refractivity contribution in [3.8, 4) is 0 Å². The van der Waals surface area contributed by atoms with Crippen LogP contribution in [0.3, 0.4) is 0 Å². The van der Waals surface area contributed by atoms with E-state index in [1.54, 1.807) is 0 Å². The summed E-state index contributed by atoms with van der Waals surface area (Å²) in [6.45, 7) is 2.60. The molecule has 0 bridgehead atoms. The van der Waals surface area contributed by atoms with Crippen molar-refractivity contribution in [2.45, 2.75) is 264 Å². The third kappa shape index (κ3) is 49.7. The van der Waals surface area contributed by atoms with E-state index in [4.69, 9.17) is 13.8 Å². The summed E-state index contributed by atoms with van der Waals surface area (Å²) < 4.78 is 27.0. The van der Waals surface area contributed by atoms with Gasteiger partial charge in [-0.3, -0.25) is 18.6 Å². The Morgan fingerprint density at radius 3 is 1.25 bits per heavy atom. The summed E-state index contributed by atoms with van der Waals surface area (Å²) >= 11 is 0. The molecule has 0 aromatic rings. The fourth-order valence-corrected chi connectivity index (χ4v) is 8.43. The Bertz CT molecular complexity index is 1320. The van der Waals surface area contributed by atoms with E-state index in [1.165, 1.54) is 141 Å². The third-order valence-electron chi connectivity index (χ3n) is 11.9. The van der Waals surface area contributed by atoms with Gasteiger partial charge in [-0.2, -0.15) is 0 Å². The van der Waals surface area contributed by atoms with Gasteiger partial charge in [-0.25, -0.2) is 9.36 Å². The second kappa shape index (κ2) is 49.8. The average Bonchev–Trinajstić information content (AvgIpc) is 3.31. The van der Waals surface area contributed by atoms with E-state index in [9.17, 15) is 34.1 Å².